The molecule has 5 aromatic rings. The van der Waals surface area contributed by atoms with E-state index in [2.05, 4.69) is 40.0 Å². The third-order valence-corrected chi connectivity index (χ3v) is 11.0. The average Bonchev–Trinajstić information content (AvgIpc) is 3.20. The number of methoxy groups -OCH3 is 3. The minimum absolute atomic E-state index is 0.185. The Morgan fingerprint density at radius 3 is 1.96 bits per heavy atom. The summed E-state index contributed by atoms with van der Waals surface area (Å²) in [6, 6.07) is 20.1. The third kappa shape index (κ3) is 10.3. The molecule has 0 radical (unpaired) electrons. The molecule has 0 bridgehead atoms. The molecule has 4 heterocycles. The van der Waals surface area contributed by atoms with Gasteiger partial charge in [-0.2, -0.15) is 14.3 Å². The molecular formula is C41H51N9O5S. The van der Waals surface area contributed by atoms with Crippen LogP contribution in [0.3, 0.4) is 0 Å². The second-order valence-electron chi connectivity index (χ2n) is 14.2. The molecule has 15 heteroatoms. The van der Waals surface area contributed by atoms with Crippen molar-refractivity contribution in [1.29, 1.82) is 0 Å². The number of aromatic nitrogens is 5. The molecule has 0 saturated carbocycles. The number of ether oxygens (including phenoxy) is 3. The van der Waals surface area contributed by atoms with E-state index in [0.29, 0.717) is 80.5 Å². The lowest BCUT2D eigenvalue weighted by Crippen LogP contribution is -2.48. The average molecular weight is 782 g/mol. The highest BCUT2D eigenvalue weighted by atomic mass is 32.2. The number of rotatable bonds is 16. The first-order chi connectivity index (χ1) is 26.9. The quantitative estimate of drug-likeness (QED) is 0.128. The van der Waals surface area contributed by atoms with Crippen LogP contribution >= 0.6 is 0 Å². The minimum Gasteiger partial charge on any atom is -0.497 e. The normalized spacial score (nSPS) is 13.8. The third-order valence-electron chi connectivity index (χ3n) is 9.74. The smallest absolute Gasteiger partial charge is 0.229 e. The Kier molecular flexibility index (Phi) is 13.0. The van der Waals surface area contributed by atoms with Crippen LogP contribution in [0.4, 0.5) is 17.5 Å². The van der Waals surface area contributed by atoms with Crippen LogP contribution < -0.4 is 24.4 Å². The zero-order valence-electron chi connectivity index (χ0n) is 33.2. The summed E-state index contributed by atoms with van der Waals surface area (Å²) in [7, 11) is 1.73. The van der Waals surface area contributed by atoms with E-state index in [1.807, 2.05) is 67.7 Å². The standard InChI is InChI=1S/C41H51N9O5S/c1-28(2)36-23-33(25-43-40(36)55-6)46-38-37(22-32(24-42-38)16-17-48-18-20-50(21-19-48)56(7,51)52)39-44-29(3)45-41(47-39)49(26-30-8-12-34(53-4)13-9-30)27-31-10-14-35(54-5)15-11-31/h8-15,22-25,28H,16-21,26-27H2,1-7H3,(H,42,46). The molecule has 296 valence electrons. The Morgan fingerprint density at radius 2 is 1.41 bits per heavy atom. The SMILES string of the molecule is COc1ccc(CN(Cc2ccc(OC)cc2)c2nc(C)nc(-c3cc(CCN4CCN(S(C)(=O)=O)CC4)cnc3Nc3cnc(OC)c(C(C)C)c3)n2)cc1. The number of anilines is 3. The Bertz CT molecular complexity index is 2150. The van der Waals surface area contributed by atoms with Gasteiger partial charge in [0.15, 0.2) is 5.82 Å². The van der Waals surface area contributed by atoms with E-state index in [0.717, 1.165) is 46.0 Å². The number of benzene rings is 2. The predicted octanol–water partition coefficient (Wildman–Crippen LogP) is 5.86. The maximum absolute atomic E-state index is 12.1. The van der Waals surface area contributed by atoms with E-state index >= 15 is 0 Å². The Morgan fingerprint density at radius 1 is 0.786 bits per heavy atom. The number of hydrogen-bond donors (Lipinski definition) is 1. The summed E-state index contributed by atoms with van der Waals surface area (Å²) in [5.41, 5.74) is 5.57. The van der Waals surface area contributed by atoms with Gasteiger partial charge < -0.3 is 29.3 Å². The summed E-state index contributed by atoms with van der Waals surface area (Å²) in [4.78, 5) is 28.8. The second kappa shape index (κ2) is 18.0. The summed E-state index contributed by atoms with van der Waals surface area (Å²) < 4.78 is 42.0. The molecule has 3 aromatic heterocycles. The van der Waals surface area contributed by atoms with Crippen molar-refractivity contribution in [1.82, 2.24) is 34.1 Å². The van der Waals surface area contributed by atoms with Crippen molar-refractivity contribution < 1.29 is 22.6 Å². The van der Waals surface area contributed by atoms with Gasteiger partial charge in [-0.15, -0.1) is 0 Å². The molecule has 14 nitrogen and oxygen atoms in total. The van der Waals surface area contributed by atoms with Crippen molar-refractivity contribution in [3.8, 4) is 28.8 Å². The first-order valence-corrected chi connectivity index (χ1v) is 20.5. The molecule has 1 saturated heterocycles. The van der Waals surface area contributed by atoms with Gasteiger partial charge in [0, 0.05) is 57.6 Å². The summed E-state index contributed by atoms with van der Waals surface area (Å²) in [5.74, 6) is 4.47. The van der Waals surface area contributed by atoms with Gasteiger partial charge >= 0.3 is 0 Å². The van der Waals surface area contributed by atoms with Gasteiger partial charge in [-0.05, 0) is 72.4 Å². The van der Waals surface area contributed by atoms with E-state index in [-0.39, 0.29) is 5.92 Å². The van der Waals surface area contributed by atoms with Crippen LogP contribution in [0.5, 0.6) is 17.4 Å². The van der Waals surface area contributed by atoms with Crippen molar-refractivity contribution in [3.05, 3.63) is 101 Å². The molecule has 1 aliphatic heterocycles. The molecule has 0 unspecified atom stereocenters. The lowest BCUT2D eigenvalue weighted by molar-refractivity contribution is 0.191. The maximum Gasteiger partial charge on any atom is 0.229 e. The molecule has 1 aliphatic rings. The number of sulfonamides is 1. The molecule has 0 atom stereocenters. The van der Waals surface area contributed by atoms with Gasteiger partial charge in [0.05, 0.1) is 45.0 Å². The zero-order chi connectivity index (χ0) is 39.8. The van der Waals surface area contributed by atoms with Crippen molar-refractivity contribution in [2.24, 2.45) is 0 Å². The van der Waals surface area contributed by atoms with Crippen molar-refractivity contribution in [3.63, 3.8) is 0 Å². The van der Waals surface area contributed by atoms with Gasteiger partial charge in [-0.3, -0.25) is 0 Å². The number of pyridine rings is 2. The molecular weight excluding hydrogens is 731 g/mol. The highest BCUT2D eigenvalue weighted by molar-refractivity contribution is 7.88. The molecule has 1 fully saturated rings. The first-order valence-electron chi connectivity index (χ1n) is 18.6. The molecule has 6 rings (SSSR count). The van der Waals surface area contributed by atoms with Gasteiger partial charge in [-0.1, -0.05) is 38.1 Å². The Balaban J connectivity index is 1.36. The van der Waals surface area contributed by atoms with E-state index in [1.165, 1.54) is 10.6 Å². The second-order valence-corrected chi connectivity index (χ2v) is 16.1. The van der Waals surface area contributed by atoms with Crippen LogP contribution in [-0.4, -0.2) is 103 Å². The summed E-state index contributed by atoms with van der Waals surface area (Å²) in [5, 5.41) is 3.50. The van der Waals surface area contributed by atoms with Crippen LogP contribution in [0.2, 0.25) is 0 Å². The van der Waals surface area contributed by atoms with Crippen molar-refractivity contribution in [2.45, 2.75) is 46.2 Å². The first kappa shape index (κ1) is 40.3. The highest BCUT2D eigenvalue weighted by Gasteiger charge is 2.24. The van der Waals surface area contributed by atoms with Crippen LogP contribution in [0, 0.1) is 6.92 Å². The van der Waals surface area contributed by atoms with E-state index < -0.39 is 10.0 Å². The van der Waals surface area contributed by atoms with Crippen LogP contribution in [0.1, 0.15) is 47.8 Å². The highest BCUT2D eigenvalue weighted by Crippen LogP contribution is 2.32. The van der Waals surface area contributed by atoms with Crippen LogP contribution in [0.15, 0.2) is 73.1 Å². The monoisotopic (exact) mass is 781 g/mol. The lowest BCUT2D eigenvalue weighted by Gasteiger charge is -2.33. The number of aryl methyl sites for hydroxylation is 1. The van der Waals surface area contributed by atoms with Gasteiger partial charge in [0.25, 0.3) is 0 Å². The molecule has 56 heavy (non-hydrogen) atoms. The topological polar surface area (TPSA) is 148 Å². The van der Waals surface area contributed by atoms with E-state index in [1.54, 1.807) is 27.5 Å². The van der Waals surface area contributed by atoms with E-state index in [4.69, 9.17) is 34.1 Å². The largest absolute Gasteiger partial charge is 0.497 e. The zero-order valence-corrected chi connectivity index (χ0v) is 34.0. The molecule has 1 N–H and O–H groups in total. The lowest BCUT2D eigenvalue weighted by atomic mass is 10.0. The fourth-order valence-electron chi connectivity index (χ4n) is 6.57. The van der Waals surface area contributed by atoms with E-state index in [9.17, 15) is 8.42 Å². The number of hydrogen-bond acceptors (Lipinski definition) is 13. The van der Waals surface area contributed by atoms with Crippen molar-refractivity contribution >= 4 is 27.5 Å². The molecule has 2 aromatic carbocycles. The number of piperazine rings is 1. The fraction of sp³-hybridized carbons (Fsp3) is 0.390. The molecule has 0 aliphatic carbocycles. The fourth-order valence-corrected chi connectivity index (χ4v) is 7.40. The van der Waals surface area contributed by atoms with Crippen LogP contribution in [-0.2, 0) is 29.5 Å². The molecule has 0 spiro atoms. The summed E-state index contributed by atoms with van der Waals surface area (Å²) in [6.45, 7) is 10.2. The maximum atomic E-state index is 12.1. The Hall–Kier alpha value is -5.38. The summed E-state index contributed by atoms with van der Waals surface area (Å²) >= 11 is 0. The number of nitrogens with zero attached hydrogens (tertiary/aromatic N) is 8. The van der Waals surface area contributed by atoms with Crippen molar-refractivity contribution in [2.75, 3.05) is 70.5 Å². The van der Waals surface area contributed by atoms with Crippen LogP contribution in [0.25, 0.3) is 11.4 Å². The Labute approximate surface area is 330 Å². The minimum atomic E-state index is -3.20. The predicted molar refractivity (Wildman–Crippen MR) is 218 cm³/mol. The van der Waals surface area contributed by atoms with Gasteiger partial charge in [0.2, 0.25) is 21.9 Å². The molecule has 0 amide bonds. The van der Waals surface area contributed by atoms with Gasteiger partial charge in [0.1, 0.15) is 23.1 Å². The van der Waals surface area contributed by atoms with Gasteiger partial charge in [-0.25, -0.2) is 23.4 Å². The number of nitrogens with one attached hydrogen (secondary N) is 1. The summed E-state index contributed by atoms with van der Waals surface area (Å²) in [6.07, 6.45) is 5.57.